The first-order chi connectivity index (χ1) is 27.5. The van der Waals surface area contributed by atoms with Crippen molar-refractivity contribution in [2.24, 2.45) is 0 Å². The minimum absolute atomic E-state index is 0.00263. The molecule has 7 rings (SSSR count). The summed E-state index contributed by atoms with van der Waals surface area (Å²) in [7, 11) is 1.49. The highest BCUT2D eigenvalue weighted by atomic mass is 19.4. The quantitative estimate of drug-likeness (QED) is 0.188. The van der Waals surface area contributed by atoms with E-state index in [1.54, 1.807) is 6.08 Å². The first kappa shape index (κ1) is 40.0. The zero-order chi connectivity index (χ0) is 40.1. The van der Waals surface area contributed by atoms with Crippen LogP contribution >= 0.6 is 0 Å². The number of cyclic esters (lactones) is 1. The van der Waals surface area contributed by atoms with Crippen LogP contribution in [-0.2, 0) is 31.8 Å². The van der Waals surface area contributed by atoms with Gasteiger partial charge in [-0.05, 0) is 74.0 Å². The van der Waals surface area contributed by atoms with Crippen molar-refractivity contribution < 1.29 is 37.1 Å². The van der Waals surface area contributed by atoms with Gasteiger partial charge in [-0.15, -0.1) is 0 Å². The van der Waals surface area contributed by atoms with Crippen molar-refractivity contribution in [1.29, 1.82) is 0 Å². The Morgan fingerprint density at radius 3 is 2.26 bits per heavy atom. The molecule has 4 aliphatic heterocycles. The number of halogens is 3. The van der Waals surface area contributed by atoms with Crippen molar-refractivity contribution in [3.05, 3.63) is 113 Å². The highest BCUT2D eigenvalue weighted by Gasteiger charge is 2.58. The number of β-lactam (4-membered cyclic amide) rings is 1. The molecule has 4 aliphatic rings. The average Bonchev–Trinajstić information content (AvgIpc) is 3.60. The second kappa shape index (κ2) is 17.5. The molecule has 10 nitrogen and oxygen atoms in total. The number of likely N-dealkylation sites (N-methyl/N-ethyl adjacent to an activating group) is 1. The third-order valence-electron chi connectivity index (χ3n) is 11.9. The molecule has 4 amide bonds. The van der Waals surface area contributed by atoms with Gasteiger partial charge < -0.3 is 24.3 Å². The number of ether oxygens (including phenoxy) is 1. The molecule has 0 aliphatic carbocycles. The van der Waals surface area contributed by atoms with Gasteiger partial charge in [0.25, 0.3) is 0 Å². The fraction of sp³-hybridized carbons (Fsp3) is 0.455. The number of hydrogen-bond donors (Lipinski definition) is 0. The molecule has 0 saturated carbocycles. The summed E-state index contributed by atoms with van der Waals surface area (Å²) < 4.78 is 46.3. The molecule has 4 saturated heterocycles. The van der Waals surface area contributed by atoms with Crippen LogP contribution in [0.3, 0.4) is 0 Å². The fourth-order valence-corrected chi connectivity index (χ4v) is 8.82. The molecule has 3 aromatic carbocycles. The lowest BCUT2D eigenvalue weighted by molar-refractivity contribution is -0.166. The van der Waals surface area contributed by atoms with E-state index < -0.39 is 53.8 Å². The van der Waals surface area contributed by atoms with E-state index in [-0.39, 0.29) is 37.5 Å². The molecule has 3 aromatic rings. The molecule has 0 N–H and O–H groups in total. The normalized spacial score (nSPS) is 22.7. The number of nitrogens with zero attached hydrogens (tertiary/aromatic N) is 5. The molecule has 0 radical (unpaired) electrons. The van der Waals surface area contributed by atoms with Gasteiger partial charge in [-0.1, -0.05) is 91.4 Å². The maximum atomic E-state index is 14.6. The predicted octanol–water partition coefficient (Wildman–Crippen LogP) is 6.78. The molecule has 0 aromatic heterocycles. The van der Waals surface area contributed by atoms with Gasteiger partial charge in [-0.2, -0.15) is 13.2 Å². The number of piperidine rings is 2. The van der Waals surface area contributed by atoms with E-state index in [0.29, 0.717) is 19.1 Å². The van der Waals surface area contributed by atoms with Crippen LogP contribution in [0, 0.1) is 0 Å². The molecule has 0 bridgehead atoms. The maximum absolute atomic E-state index is 14.6. The smallest absolute Gasteiger partial charge is 0.416 e. The number of amides is 4. The van der Waals surface area contributed by atoms with Crippen LogP contribution in [0.4, 0.5) is 18.0 Å². The third kappa shape index (κ3) is 9.03. The molecule has 302 valence electrons. The standard InChI is InChI=1S/C44H50F3N5O5/c1-48(29-32-14-11-17-34(28-32)44(45,46)47)41(54)37(20-21-39(53)50-26-22-35(23-27-50)49-24-9-4-10-25-49)51-36(19-18-31-12-5-2-6-13-31)40(42(51)55)52-38(30-57-43(52)56)33-15-7-3-8-16-33/h2-3,5-8,11-19,28,35-38,40H,4,9-10,20-27,29-30H2,1H3. The first-order valence-electron chi connectivity index (χ1n) is 20.0. The van der Waals surface area contributed by atoms with Crippen LogP contribution in [0.15, 0.2) is 91.0 Å². The van der Waals surface area contributed by atoms with E-state index in [2.05, 4.69) is 4.90 Å². The summed E-state index contributed by atoms with van der Waals surface area (Å²) in [6.45, 7) is 3.29. The Kier molecular flexibility index (Phi) is 12.3. The molecular weight excluding hydrogens is 736 g/mol. The monoisotopic (exact) mass is 785 g/mol. The Balaban J connectivity index is 1.16. The highest BCUT2D eigenvalue weighted by molar-refractivity contribution is 5.98. The summed E-state index contributed by atoms with van der Waals surface area (Å²) in [6.07, 6.45) is 3.81. The van der Waals surface area contributed by atoms with E-state index in [0.717, 1.165) is 49.2 Å². The van der Waals surface area contributed by atoms with Gasteiger partial charge in [0.1, 0.15) is 18.7 Å². The molecular formula is C44H50F3N5O5. The Hall–Kier alpha value is -5.17. The van der Waals surface area contributed by atoms with Crippen LogP contribution in [0.2, 0.25) is 0 Å². The van der Waals surface area contributed by atoms with Crippen molar-refractivity contribution in [2.45, 2.75) is 87.9 Å². The maximum Gasteiger partial charge on any atom is 0.416 e. The third-order valence-corrected chi connectivity index (χ3v) is 11.9. The number of benzene rings is 3. The number of carbonyl (C=O) groups is 4. The largest absolute Gasteiger partial charge is 0.447 e. The Morgan fingerprint density at radius 2 is 1.58 bits per heavy atom. The molecule has 4 heterocycles. The Morgan fingerprint density at radius 1 is 0.895 bits per heavy atom. The summed E-state index contributed by atoms with van der Waals surface area (Å²) in [5, 5.41) is 0. The molecule has 57 heavy (non-hydrogen) atoms. The number of alkyl halides is 3. The summed E-state index contributed by atoms with van der Waals surface area (Å²) in [4.78, 5) is 64.9. The van der Waals surface area contributed by atoms with Crippen molar-refractivity contribution in [3.63, 3.8) is 0 Å². The van der Waals surface area contributed by atoms with E-state index in [9.17, 15) is 32.3 Å². The molecule has 4 atom stereocenters. The number of rotatable bonds is 12. The van der Waals surface area contributed by atoms with Gasteiger partial charge in [0.15, 0.2) is 0 Å². The van der Waals surface area contributed by atoms with Crippen LogP contribution in [-0.4, -0.2) is 112 Å². The van der Waals surface area contributed by atoms with E-state index >= 15 is 0 Å². The molecule has 4 fully saturated rings. The lowest BCUT2D eigenvalue weighted by Gasteiger charge is -2.52. The lowest BCUT2D eigenvalue weighted by atomic mass is 9.87. The topological polar surface area (TPSA) is 93.7 Å². The Labute approximate surface area is 331 Å². The van der Waals surface area contributed by atoms with Crippen molar-refractivity contribution in [2.75, 3.05) is 39.8 Å². The zero-order valence-corrected chi connectivity index (χ0v) is 32.2. The number of carbonyl (C=O) groups excluding carboxylic acids is 4. The van der Waals surface area contributed by atoms with Crippen molar-refractivity contribution >= 4 is 29.9 Å². The summed E-state index contributed by atoms with van der Waals surface area (Å²) in [6, 6.07) is 20.5. The van der Waals surface area contributed by atoms with E-state index in [4.69, 9.17) is 4.74 Å². The van der Waals surface area contributed by atoms with Gasteiger partial charge in [-0.3, -0.25) is 19.3 Å². The van der Waals surface area contributed by atoms with Crippen molar-refractivity contribution in [3.8, 4) is 0 Å². The lowest BCUT2D eigenvalue weighted by Crippen LogP contribution is -2.74. The average molecular weight is 786 g/mol. The van der Waals surface area contributed by atoms with Crippen LogP contribution in [0.25, 0.3) is 6.08 Å². The van der Waals surface area contributed by atoms with Crippen LogP contribution < -0.4 is 0 Å². The van der Waals surface area contributed by atoms with Gasteiger partial charge in [0.05, 0.1) is 17.6 Å². The number of likely N-dealkylation sites (tertiary alicyclic amines) is 3. The SMILES string of the molecule is CN(Cc1cccc(C(F)(F)F)c1)C(=O)C(CCC(=O)N1CCC(N2CCCCC2)CC1)N1C(=O)C(N2C(=O)OCC2c2ccccc2)C1C=Cc1ccccc1. The molecule has 13 heteroatoms. The number of hydrogen-bond acceptors (Lipinski definition) is 6. The zero-order valence-electron chi connectivity index (χ0n) is 32.2. The minimum atomic E-state index is -4.56. The van der Waals surface area contributed by atoms with Crippen molar-refractivity contribution in [1.82, 2.24) is 24.5 Å². The second-order valence-corrected chi connectivity index (χ2v) is 15.5. The predicted molar refractivity (Wildman–Crippen MR) is 208 cm³/mol. The van der Waals surface area contributed by atoms with E-state index in [1.165, 1.54) is 53.1 Å². The van der Waals surface area contributed by atoms with E-state index in [1.807, 2.05) is 71.6 Å². The van der Waals surface area contributed by atoms with Gasteiger partial charge in [0, 0.05) is 39.1 Å². The summed E-state index contributed by atoms with van der Waals surface area (Å²) in [5.41, 5.74) is 1.07. The van der Waals surface area contributed by atoms with Crippen LogP contribution in [0.5, 0.6) is 0 Å². The molecule has 4 unspecified atom stereocenters. The molecule has 0 spiro atoms. The highest BCUT2D eigenvalue weighted by Crippen LogP contribution is 2.39. The summed E-state index contributed by atoms with van der Waals surface area (Å²) in [5.74, 6) is -1.10. The fourth-order valence-electron chi connectivity index (χ4n) is 8.82. The van der Waals surface area contributed by atoms with Gasteiger partial charge in [0.2, 0.25) is 17.7 Å². The second-order valence-electron chi connectivity index (χ2n) is 15.5. The van der Waals surface area contributed by atoms with Gasteiger partial charge in [-0.25, -0.2) is 4.79 Å². The van der Waals surface area contributed by atoms with Crippen LogP contribution in [0.1, 0.15) is 73.2 Å². The van der Waals surface area contributed by atoms with Gasteiger partial charge >= 0.3 is 12.3 Å². The summed E-state index contributed by atoms with van der Waals surface area (Å²) >= 11 is 0. The first-order valence-corrected chi connectivity index (χ1v) is 20.0. The minimum Gasteiger partial charge on any atom is -0.447 e. The Bertz CT molecular complexity index is 1910.